The van der Waals surface area contributed by atoms with Crippen molar-refractivity contribution in [1.82, 2.24) is 10.3 Å². The molecule has 102 valence electrons. The Labute approximate surface area is 121 Å². The van der Waals surface area contributed by atoms with Crippen molar-refractivity contribution in [1.29, 1.82) is 0 Å². The molecule has 0 saturated heterocycles. The van der Waals surface area contributed by atoms with Crippen molar-refractivity contribution in [2.45, 2.75) is 13.5 Å². The van der Waals surface area contributed by atoms with Crippen LogP contribution >= 0.6 is 11.3 Å². The molecule has 0 aliphatic carbocycles. The first-order valence-corrected chi connectivity index (χ1v) is 6.96. The van der Waals surface area contributed by atoms with Crippen molar-refractivity contribution in [3.63, 3.8) is 0 Å². The third-order valence-electron chi connectivity index (χ3n) is 2.68. The number of aliphatic hydroxyl groups is 1. The number of aryl methyl sites for hydroxylation is 1. The molecule has 2 heterocycles. The number of aliphatic hydroxyl groups excluding tert-OH is 1. The maximum atomic E-state index is 12.0. The van der Waals surface area contributed by atoms with E-state index in [0.717, 1.165) is 16.0 Å². The molecule has 4 nitrogen and oxygen atoms in total. The Morgan fingerprint density at radius 2 is 2.35 bits per heavy atom. The predicted octanol–water partition coefficient (Wildman–Crippen LogP) is 1.73. The van der Waals surface area contributed by atoms with E-state index >= 15 is 0 Å². The van der Waals surface area contributed by atoms with Crippen LogP contribution in [-0.4, -0.2) is 22.6 Å². The van der Waals surface area contributed by atoms with Gasteiger partial charge in [-0.3, -0.25) is 9.78 Å². The standard InChI is InChI=1S/C15H14N2O2S/c1-11-4-2-7-16-14(11)15(19)17-10-13-12(5-3-8-18)6-9-20-13/h2,4,6-7,9,18H,8,10H2,1H3,(H,17,19). The maximum Gasteiger partial charge on any atom is 0.270 e. The van der Waals surface area contributed by atoms with Crippen molar-refractivity contribution < 1.29 is 9.90 Å². The fourth-order valence-corrected chi connectivity index (χ4v) is 2.46. The Morgan fingerprint density at radius 3 is 3.10 bits per heavy atom. The molecule has 0 aliphatic rings. The molecule has 5 heteroatoms. The fraction of sp³-hybridized carbons (Fsp3) is 0.200. The number of thiophene rings is 1. The van der Waals surface area contributed by atoms with Gasteiger partial charge in [0.05, 0.1) is 6.54 Å². The van der Waals surface area contributed by atoms with E-state index in [2.05, 4.69) is 22.1 Å². The molecule has 0 spiro atoms. The molecule has 2 aromatic rings. The average Bonchev–Trinajstić information content (AvgIpc) is 2.90. The molecule has 2 N–H and O–H groups in total. The molecule has 0 bridgehead atoms. The number of rotatable bonds is 3. The predicted molar refractivity (Wildman–Crippen MR) is 78.4 cm³/mol. The monoisotopic (exact) mass is 286 g/mol. The van der Waals surface area contributed by atoms with Gasteiger partial charge < -0.3 is 10.4 Å². The van der Waals surface area contributed by atoms with Crippen molar-refractivity contribution in [3.05, 3.63) is 51.5 Å². The van der Waals surface area contributed by atoms with Crippen LogP contribution in [-0.2, 0) is 6.54 Å². The van der Waals surface area contributed by atoms with Crippen LogP contribution in [0, 0.1) is 18.8 Å². The first kappa shape index (κ1) is 14.3. The van der Waals surface area contributed by atoms with E-state index in [1.807, 2.05) is 24.4 Å². The van der Waals surface area contributed by atoms with Gasteiger partial charge in [0.15, 0.2) is 0 Å². The summed E-state index contributed by atoms with van der Waals surface area (Å²) in [5.41, 5.74) is 2.12. The minimum Gasteiger partial charge on any atom is -0.384 e. The zero-order valence-corrected chi connectivity index (χ0v) is 11.8. The maximum absolute atomic E-state index is 12.0. The highest BCUT2D eigenvalue weighted by atomic mass is 32.1. The van der Waals surface area contributed by atoms with Crippen LogP contribution in [0.1, 0.15) is 26.5 Å². The number of amides is 1. The molecule has 20 heavy (non-hydrogen) atoms. The number of pyridine rings is 1. The van der Waals surface area contributed by atoms with E-state index in [1.165, 1.54) is 11.3 Å². The normalized spacial score (nSPS) is 9.70. The van der Waals surface area contributed by atoms with Crippen LogP contribution in [0.15, 0.2) is 29.8 Å². The molecule has 2 aromatic heterocycles. The molecule has 0 aliphatic heterocycles. The molecule has 1 amide bonds. The van der Waals surface area contributed by atoms with Gasteiger partial charge in [0.1, 0.15) is 12.3 Å². The Hall–Kier alpha value is -2.16. The number of hydrogen-bond acceptors (Lipinski definition) is 4. The molecule has 0 radical (unpaired) electrons. The number of nitrogens with zero attached hydrogens (tertiary/aromatic N) is 1. The summed E-state index contributed by atoms with van der Waals surface area (Å²) in [4.78, 5) is 17.1. The van der Waals surface area contributed by atoms with Crippen LogP contribution in [0.5, 0.6) is 0 Å². The summed E-state index contributed by atoms with van der Waals surface area (Å²) < 4.78 is 0. The summed E-state index contributed by atoms with van der Waals surface area (Å²) in [5.74, 6) is 5.27. The van der Waals surface area contributed by atoms with Gasteiger partial charge in [-0.2, -0.15) is 0 Å². The summed E-state index contributed by atoms with van der Waals surface area (Å²) in [5, 5.41) is 13.5. The lowest BCUT2D eigenvalue weighted by Crippen LogP contribution is -2.24. The molecular weight excluding hydrogens is 272 g/mol. The zero-order valence-electron chi connectivity index (χ0n) is 11.0. The highest BCUT2D eigenvalue weighted by Gasteiger charge is 2.10. The van der Waals surface area contributed by atoms with Crippen LogP contribution < -0.4 is 5.32 Å². The minimum atomic E-state index is -0.197. The van der Waals surface area contributed by atoms with Gasteiger partial charge in [0.2, 0.25) is 0 Å². The summed E-state index contributed by atoms with van der Waals surface area (Å²) in [6, 6.07) is 5.53. The quantitative estimate of drug-likeness (QED) is 0.845. The second-order valence-electron chi connectivity index (χ2n) is 4.07. The lowest BCUT2D eigenvalue weighted by Gasteiger charge is -2.05. The van der Waals surface area contributed by atoms with Crippen molar-refractivity contribution in [3.8, 4) is 11.8 Å². The second kappa shape index (κ2) is 6.85. The van der Waals surface area contributed by atoms with Crippen molar-refractivity contribution in [2.75, 3.05) is 6.61 Å². The van der Waals surface area contributed by atoms with Gasteiger partial charge in [-0.15, -0.1) is 11.3 Å². The van der Waals surface area contributed by atoms with Gasteiger partial charge in [-0.1, -0.05) is 17.9 Å². The van der Waals surface area contributed by atoms with Crippen molar-refractivity contribution >= 4 is 17.2 Å². The van der Waals surface area contributed by atoms with E-state index in [1.54, 1.807) is 12.3 Å². The third-order valence-corrected chi connectivity index (χ3v) is 3.60. The van der Waals surface area contributed by atoms with Crippen LogP contribution in [0.4, 0.5) is 0 Å². The smallest absolute Gasteiger partial charge is 0.270 e. The number of carbonyl (C=O) groups is 1. The van der Waals surface area contributed by atoms with Gasteiger partial charge in [0, 0.05) is 16.6 Å². The Balaban J connectivity index is 2.04. The molecule has 2 rings (SSSR count). The van der Waals surface area contributed by atoms with Gasteiger partial charge in [-0.05, 0) is 30.0 Å². The molecule has 0 saturated carbocycles. The lowest BCUT2D eigenvalue weighted by atomic mass is 10.2. The highest BCUT2D eigenvalue weighted by molar-refractivity contribution is 7.10. The van der Waals surface area contributed by atoms with E-state index in [9.17, 15) is 4.79 Å². The number of hydrogen-bond donors (Lipinski definition) is 2. The van der Waals surface area contributed by atoms with E-state index in [0.29, 0.717) is 12.2 Å². The first-order chi connectivity index (χ1) is 9.72. The molecule has 0 atom stereocenters. The third kappa shape index (κ3) is 3.44. The fourth-order valence-electron chi connectivity index (χ4n) is 1.69. The number of carbonyl (C=O) groups excluding carboxylic acids is 1. The summed E-state index contributed by atoms with van der Waals surface area (Å²) >= 11 is 1.52. The summed E-state index contributed by atoms with van der Waals surface area (Å²) in [6.07, 6.45) is 1.60. The van der Waals surface area contributed by atoms with E-state index < -0.39 is 0 Å². The van der Waals surface area contributed by atoms with Crippen LogP contribution in [0.2, 0.25) is 0 Å². The molecule has 0 aromatic carbocycles. The molecule has 0 fully saturated rings. The molecule has 0 unspecified atom stereocenters. The molecular formula is C15H14N2O2S. The Bertz CT molecular complexity index is 668. The van der Waals surface area contributed by atoms with Crippen molar-refractivity contribution in [2.24, 2.45) is 0 Å². The number of aromatic nitrogens is 1. The Kier molecular flexibility index (Phi) is 4.88. The van der Waals surface area contributed by atoms with E-state index in [4.69, 9.17) is 5.11 Å². The average molecular weight is 286 g/mol. The zero-order chi connectivity index (χ0) is 14.4. The minimum absolute atomic E-state index is 0.172. The van der Waals surface area contributed by atoms with Crippen LogP contribution in [0.3, 0.4) is 0 Å². The highest BCUT2D eigenvalue weighted by Crippen LogP contribution is 2.15. The first-order valence-electron chi connectivity index (χ1n) is 6.08. The van der Waals surface area contributed by atoms with E-state index in [-0.39, 0.29) is 12.5 Å². The van der Waals surface area contributed by atoms with Crippen LogP contribution in [0.25, 0.3) is 0 Å². The SMILES string of the molecule is Cc1cccnc1C(=O)NCc1sccc1C#CCO. The second-order valence-corrected chi connectivity index (χ2v) is 5.07. The van der Waals surface area contributed by atoms with Gasteiger partial charge >= 0.3 is 0 Å². The lowest BCUT2D eigenvalue weighted by molar-refractivity contribution is 0.0945. The largest absolute Gasteiger partial charge is 0.384 e. The summed E-state index contributed by atoms with van der Waals surface area (Å²) in [6.45, 7) is 2.09. The van der Waals surface area contributed by atoms with Gasteiger partial charge in [-0.25, -0.2) is 0 Å². The topological polar surface area (TPSA) is 62.2 Å². The number of nitrogens with one attached hydrogen (secondary N) is 1. The van der Waals surface area contributed by atoms with Gasteiger partial charge in [0.25, 0.3) is 5.91 Å². The summed E-state index contributed by atoms with van der Waals surface area (Å²) in [7, 11) is 0. The Morgan fingerprint density at radius 1 is 1.50 bits per heavy atom.